The zero-order valence-corrected chi connectivity index (χ0v) is 26.6. The Labute approximate surface area is 255 Å². The van der Waals surface area contributed by atoms with Crippen LogP contribution in [0.5, 0.6) is 0 Å². The summed E-state index contributed by atoms with van der Waals surface area (Å²) < 4.78 is 31.1. The van der Waals surface area contributed by atoms with Gasteiger partial charge in [0.25, 0.3) is 0 Å². The fraction of sp³-hybridized carbons (Fsp3) is 0.125. The first-order valence-corrected chi connectivity index (χ1v) is 17.5. The van der Waals surface area contributed by atoms with Crippen LogP contribution in [-0.2, 0) is 9.13 Å². The first kappa shape index (κ1) is 29.5. The molecule has 0 spiro atoms. The first-order chi connectivity index (χ1) is 19.0. The Hall–Kier alpha value is -2.02. The summed E-state index contributed by atoms with van der Waals surface area (Å²) >= 11 is 29.2. The average Bonchev–Trinajstić information content (AvgIpc) is 3.00. The molecule has 5 rings (SSSR count). The predicted molar refractivity (Wildman–Crippen MR) is 174 cm³/mol. The number of halogens is 4. The maximum atomic E-state index is 15.7. The van der Waals surface area contributed by atoms with Crippen LogP contribution in [0.2, 0.25) is 0 Å². The molecule has 2 atom stereocenters. The van der Waals surface area contributed by atoms with Gasteiger partial charge in [-0.25, -0.2) is 0 Å². The molecule has 0 saturated carbocycles. The van der Waals surface area contributed by atoms with E-state index in [1.165, 1.54) is 0 Å². The molecule has 0 aromatic heterocycles. The lowest BCUT2D eigenvalue weighted by molar-refractivity contribution is 0.530. The molecule has 0 N–H and O–H groups in total. The molecule has 1 aliphatic rings. The van der Waals surface area contributed by atoms with Crippen molar-refractivity contribution in [2.24, 2.45) is 0 Å². The monoisotopic (exact) mass is 644 g/mol. The molecule has 0 amide bonds. The molecule has 0 heterocycles. The van der Waals surface area contributed by atoms with Crippen LogP contribution in [0.15, 0.2) is 142 Å². The summed E-state index contributed by atoms with van der Waals surface area (Å²) in [6.45, 7) is 3.42. The van der Waals surface area contributed by atoms with Gasteiger partial charge < -0.3 is 9.13 Å². The Morgan fingerprint density at radius 2 is 0.850 bits per heavy atom. The van der Waals surface area contributed by atoms with Gasteiger partial charge in [0.1, 0.15) is 0 Å². The quantitative estimate of drug-likeness (QED) is 0.155. The smallest absolute Gasteiger partial charge is 0.173 e. The van der Waals surface area contributed by atoms with E-state index in [1.807, 2.05) is 72.8 Å². The summed E-state index contributed by atoms with van der Waals surface area (Å²) in [5, 5.41) is 0.923. The molecule has 204 valence electrons. The van der Waals surface area contributed by atoms with E-state index >= 15 is 9.13 Å². The molecule has 1 aliphatic carbocycles. The SMILES string of the molecule is CC1(Cl)C(Cl)=C(P(=O)(c2ccccc2)c2ccccc2)C(Cl)=C(Cl)C1(C)P(=O)(c1ccccc1)c1ccccc1. The van der Waals surface area contributed by atoms with Crippen molar-refractivity contribution in [2.45, 2.75) is 23.9 Å². The topological polar surface area (TPSA) is 34.1 Å². The van der Waals surface area contributed by atoms with Crippen LogP contribution < -0.4 is 21.2 Å². The lowest BCUT2D eigenvalue weighted by Gasteiger charge is -2.50. The highest BCUT2D eigenvalue weighted by Gasteiger charge is 2.64. The van der Waals surface area contributed by atoms with Crippen LogP contribution in [0.3, 0.4) is 0 Å². The molecule has 0 fully saturated rings. The zero-order valence-electron chi connectivity index (χ0n) is 21.8. The normalized spacial score (nSPS) is 21.9. The van der Waals surface area contributed by atoms with Crippen LogP contribution in [0.1, 0.15) is 13.8 Å². The van der Waals surface area contributed by atoms with Gasteiger partial charge >= 0.3 is 0 Å². The van der Waals surface area contributed by atoms with E-state index in [4.69, 9.17) is 46.4 Å². The van der Waals surface area contributed by atoms with Crippen molar-refractivity contribution in [1.29, 1.82) is 0 Å². The van der Waals surface area contributed by atoms with Crippen LogP contribution in [-0.4, -0.2) is 10.0 Å². The minimum absolute atomic E-state index is 0.00424. The number of benzene rings is 4. The largest absolute Gasteiger partial charge is 0.313 e. The highest BCUT2D eigenvalue weighted by Crippen LogP contribution is 2.73. The van der Waals surface area contributed by atoms with Gasteiger partial charge in [-0.1, -0.05) is 156 Å². The lowest BCUT2D eigenvalue weighted by Crippen LogP contribution is -2.53. The second-order valence-electron chi connectivity index (χ2n) is 9.93. The standard InChI is InChI=1S/C32H26Cl4O2P2/c1-31(36)30(35)28(39(37,23-15-7-3-8-16-23)24-17-9-4-10-18-24)27(33)29(34)32(31,2)40(38,25-19-11-5-12-20-25)26-21-13-6-14-22-26/h3-22H,1-2H3. The maximum absolute atomic E-state index is 15.7. The molecule has 40 heavy (non-hydrogen) atoms. The summed E-state index contributed by atoms with van der Waals surface area (Å²) in [5.74, 6) is 0. The minimum atomic E-state index is -3.70. The number of hydrogen-bond acceptors (Lipinski definition) is 2. The van der Waals surface area contributed by atoms with Crippen LogP contribution in [0.4, 0.5) is 0 Å². The average molecular weight is 646 g/mol. The van der Waals surface area contributed by atoms with Gasteiger partial charge in [0, 0.05) is 21.2 Å². The van der Waals surface area contributed by atoms with E-state index in [-0.39, 0.29) is 20.4 Å². The lowest BCUT2D eigenvalue weighted by atomic mass is 9.88. The van der Waals surface area contributed by atoms with Gasteiger partial charge in [-0.05, 0) is 13.8 Å². The number of allylic oxidation sites excluding steroid dienone is 4. The van der Waals surface area contributed by atoms with Gasteiger partial charge in [0.15, 0.2) is 14.3 Å². The third kappa shape index (κ3) is 4.23. The van der Waals surface area contributed by atoms with Crippen LogP contribution in [0.25, 0.3) is 0 Å². The van der Waals surface area contributed by atoms with Gasteiger partial charge in [0.2, 0.25) is 0 Å². The third-order valence-corrected chi connectivity index (χ3v) is 17.7. The summed E-state index contributed by atoms with van der Waals surface area (Å²) in [5.41, 5.74) is 0. The number of alkyl halides is 1. The fourth-order valence-electron chi connectivity index (χ4n) is 5.39. The van der Waals surface area contributed by atoms with E-state index in [0.717, 1.165) is 0 Å². The Morgan fingerprint density at radius 3 is 1.20 bits per heavy atom. The summed E-state index contributed by atoms with van der Waals surface area (Å²) in [7, 11) is -7.38. The molecule has 4 aromatic rings. The molecule has 0 bridgehead atoms. The molecule has 0 saturated heterocycles. The Balaban J connectivity index is 1.87. The van der Waals surface area contributed by atoms with Crippen molar-refractivity contribution in [3.05, 3.63) is 142 Å². The van der Waals surface area contributed by atoms with Crippen LogP contribution in [0, 0.1) is 0 Å². The van der Waals surface area contributed by atoms with E-state index < -0.39 is 24.3 Å². The third-order valence-electron chi connectivity index (χ3n) is 7.79. The molecule has 0 aliphatic heterocycles. The zero-order chi connectivity index (χ0) is 28.8. The molecular formula is C32H26Cl4O2P2. The Kier molecular flexibility index (Phi) is 8.10. The highest BCUT2D eigenvalue weighted by molar-refractivity contribution is 7.83. The van der Waals surface area contributed by atoms with Crippen molar-refractivity contribution in [3.63, 3.8) is 0 Å². The predicted octanol–water partition coefficient (Wildman–Crippen LogP) is 8.92. The summed E-state index contributed by atoms with van der Waals surface area (Å²) in [6, 6.07) is 36.3. The van der Waals surface area contributed by atoms with Gasteiger partial charge in [0.05, 0.1) is 30.4 Å². The molecular weight excluding hydrogens is 620 g/mol. The number of hydrogen-bond donors (Lipinski definition) is 0. The fourth-order valence-corrected chi connectivity index (χ4v) is 14.7. The second kappa shape index (κ2) is 11.0. The van der Waals surface area contributed by atoms with Gasteiger partial charge in [-0.15, -0.1) is 11.6 Å². The van der Waals surface area contributed by atoms with Gasteiger partial charge in [-0.3, -0.25) is 0 Å². The highest BCUT2D eigenvalue weighted by atomic mass is 35.5. The van der Waals surface area contributed by atoms with E-state index in [1.54, 1.807) is 62.4 Å². The van der Waals surface area contributed by atoms with Crippen molar-refractivity contribution in [2.75, 3.05) is 0 Å². The van der Waals surface area contributed by atoms with Crippen molar-refractivity contribution < 1.29 is 9.13 Å². The first-order valence-electron chi connectivity index (χ1n) is 12.6. The van der Waals surface area contributed by atoms with Crippen molar-refractivity contribution >= 4 is 81.9 Å². The Morgan fingerprint density at radius 1 is 0.525 bits per heavy atom. The van der Waals surface area contributed by atoms with Crippen LogP contribution >= 0.6 is 60.7 Å². The van der Waals surface area contributed by atoms with E-state index in [9.17, 15) is 0 Å². The summed E-state index contributed by atoms with van der Waals surface area (Å²) in [6.07, 6.45) is 0. The number of rotatable bonds is 6. The summed E-state index contributed by atoms with van der Waals surface area (Å²) in [4.78, 5) is -1.57. The van der Waals surface area contributed by atoms with Crippen molar-refractivity contribution in [1.82, 2.24) is 0 Å². The molecule has 8 heteroatoms. The molecule has 4 aromatic carbocycles. The van der Waals surface area contributed by atoms with Gasteiger partial charge in [-0.2, -0.15) is 0 Å². The van der Waals surface area contributed by atoms with E-state index in [0.29, 0.717) is 21.2 Å². The Bertz CT molecular complexity index is 1620. The molecule has 2 nitrogen and oxygen atoms in total. The van der Waals surface area contributed by atoms with Crippen molar-refractivity contribution in [3.8, 4) is 0 Å². The molecule has 2 unspecified atom stereocenters. The molecule has 0 radical (unpaired) electrons. The van der Waals surface area contributed by atoms with E-state index in [2.05, 4.69) is 0 Å². The maximum Gasteiger partial charge on any atom is 0.173 e. The second-order valence-corrected chi connectivity index (χ2v) is 17.7. The minimum Gasteiger partial charge on any atom is -0.313 e.